The van der Waals surface area contributed by atoms with Gasteiger partial charge in [-0.2, -0.15) is 0 Å². The van der Waals surface area contributed by atoms with Crippen molar-refractivity contribution in [1.82, 2.24) is 5.32 Å². The Kier molecular flexibility index (Phi) is 4.17. The largest absolute Gasteiger partial charge is 0.393 e. The summed E-state index contributed by atoms with van der Waals surface area (Å²) < 4.78 is 0. The van der Waals surface area contributed by atoms with Crippen LogP contribution in [0.4, 0.5) is 5.69 Å². The van der Waals surface area contributed by atoms with Crippen LogP contribution in [0.15, 0.2) is 24.3 Å². The normalized spacial score (nSPS) is 23.4. The molecule has 0 atom stereocenters. The minimum Gasteiger partial charge on any atom is -0.393 e. The van der Waals surface area contributed by atoms with E-state index < -0.39 is 0 Å². The zero-order chi connectivity index (χ0) is 13.0. The third-order valence-electron chi connectivity index (χ3n) is 3.35. The molecule has 0 radical (unpaired) electrons. The van der Waals surface area contributed by atoms with Gasteiger partial charge in [0.05, 0.1) is 6.10 Å². The van der Waals surface area contributed by atoms with E-state index in [1.165, 1.54) is 0 Å². The van der Waals surface area contributed by atoms with Crippen molar-refractivity contribution in [1.29, 1.82) is 0 Å². The van der Waals surface area contributed by atoms with Crippen LogP contribution in [0.1, 0.15) is 36.0 Å². The van der Waals surface area contributed by atoms with E-state index in [-0.39, 0.29) is 18.1 Å². The Labute approximate surface area is 106 Å². The lowest BCUT2D eigenvalue weighted by Gasteiger charge is -2.26. The molecule has 5 heteroatoms. The first-order valence-electron chi connectivity index (χ1n) is 6.24. The van der Waals surface area contributed by atoms with Gasteiger partial charge in [-0.25, -0.2) is 0 Å². The van der Waals surface area contributed by atoms with Crippen molar-refractivity contribution in [2.24, 2.45) is 5.84 Å². The Bertz CT molecular complexity index is 397. The molecule has 18 heavy (non-hydrogen) atoms. The summed E-state index contributed by atoms with van der Waals surface area (Å²) in [5, 5.41) is 12.4. The van der Waals surface area contributed by atoms with Crippen LogP contribution in [-0.2, 0) is 0 Å². The molecule has 1 aliphatic carbocycles. The maximum Gasteiger partial charge on any atom is 0.251 e. The molecule has 1 amide bonds. The highest BCUT2D eigenvalue weighted by atomic mass is 16.3. The van der Waals surface area contributed by atoms with Gasteiger partial charge in [0, 0.05) is 17.3 Å². The van der Waals surface area contributed by atoms with E-state index in [0.717, 1.165) is 31.4 Å². The van der Waals surface area contributed by atoms with Gasteiger partial charge in [0.1, 0.15) is 0 Å². The molecule has 0 saturated heterocycles. The zero-order valence-corrected chi connectivity index (χ0v) is 10.2. The van der Waals surface area contributed by atoms with Gasteiger partial charge in [-0.15, -0.1) is 0 Å². The molecule has 0 aromatic heterocycles. The van der Waals surface area contributed by atoms with E-state index in [0.29, 0.717) is 5.56 Å². The first-order chi connectivity index (χ1) is 8.69. The van der Waals surface area contributed by atoms with E-state index in [2.05, 4.69) is 10.7 Å². The summed E-state index contributed by atoms with van der Waals surface area (Å²) >= 11 is 0. The van der Waals surface area contributed by atoms with Gasteiger partial charge < -0.3 is 15.8 Å². The van der Waals surface area contributed by atoms with Crippen molar-refractivity contribution in [2.75, 3.05) is 5.43 Å². The molecule has 1 aromatic rings. The topological polar surface area (TPSA) is 87.4 Å². The molecule has 1 aromatic carbocycles. The zero-order valence-electron chi connectivity index (χ0n) is 10.2. The lowest BCUT2D eigenvalue weighted by Crippen LogP contribution is -2.38. The second-order valence-electron chi connectivity index (χ2n) is 4.70. The highest BCUT2D eigenvalue weighted by molar-refractivity contribution is 5.94. The van der Waals surface area contributed by atoms with Gasteiger partial charge in [0.2, 0.25) is 0 Å². The molecule has 5 nitrogen and oxygen atoms in total. The van der Waals surface area contributed by atoms with Gasteiger partial charge in [0.25, 0.3) is 5.91 Å². The van der Waals surface area contributed by atoms with Crippen LogP contribution in [-0.4, -0.2) is 23.2 Å². The predicted octanol–water partition coefficient (Wildman–Crippen LogP) is 1.01. The van der Waals surface area contributed by atoms with Crippen molar-refractivity contribution in [2.45, 2.75) is 37.8 Å². The third-order valence-corrected chi connectivity index (χ3v) is 3.35. The lowest BCUT2D eigenvalue weighted by molar-refractivity contribution is 0.0867. The summed E-state index contributed by atoms with van der Waals surface area (Å²) in [7, 11) is 0. The van der Waals surface area contributed by atoms with E-state index in [4.69, 9.17) is 5.84 Å². The van der Waals surface area contributed by atoms with Crippen LogP contribution in [0, 0.1) is 0 Å². The Morgan fingerprint density at radius 3 is 2.33 bits per heavy atom. The second kappa shape index (κ2) is 5.84. The monoisotopic (exact) mass is 249 g/mol. The number of hydrazine groups is 1. The molecule has 0 bridgehead atoms. The molecular weight excluding hydrogens is 230 g/mol. The first-order valence-corrected chi connectivity index (χ1v) is 6.24. The van der Waals surface area contributed by atoms with Crippen molar-refractivity contribution in [3.63, 3.8) is 0 Å². The molecule has 0 heterocycles. The predicted molar refractivity (Wildman–Crippen MR) is 70.0 cm³/mol. The summed E-state index contributed by atoms with van der Waals surface area (Å²) in [5.74, 6) is 5.19. The number of hydrogen-bond donors (Lipinski definition) is 4. The summed E-state index contributed by atoms with van der Waals surface area (Å²) in [6.07, 6.45) is 3.01. The molecule has 2 rings (SSSR count). The average molecular weight is 249 g/mol. The van der Waals surface area contributed by atoms with Gasteiger partial charge in [-0.1, -0.05) is 0 Å². The van der Waals surface area contributed by atoms with Crippen LogP contribution in [0.3, 0.4) is 0 Å². The van der Waals surface area contributed by atoms with Gasteiger partial charge in [0.15, 0.2) is 0 Å². The SMILES string of the molecule is NNc1ccc(C(=O)NC2CCC(O)CC2)cc1. The number of aliphatic hydroxyl groups excluding tert-OH is 1. The van der Waals surface area contributed by atoms with E-state index in [9.17, 15) is 9.90 Å². The number of carbonyl (C=O) groups excluding carboxylic acids is 1. The van der Waals surface area contributed by atoms with E-state index in [1.54, 1.807) is 24.3 Å². The van der Waals surface area contributed by atoms with E-state index >= 15 is 0 Å². The number of hydrogen-bond acceptors (Lipinski definition) is 4. The molecule has 0 unspecified atom stereocenters. The fourth-order valence-electron chi connectivity index (χ4n) is 2.21. The third kappa shape index (κ3) is 3.21. The number of anilines is 1. The van der Waals surface area contributed by atoms with Crippen molar-refractivity contribution in [3.05, 3.63) is 29.8 Å². The molecule has 1 saturated carbocycles. The number of nitrogens with two attached hydrogens (primary N) is 1. The number of nitrogens with one attached hydrogen (secondary N) is 2. The molecular formula is C13H19N3O2. The van der Waals surface area contributed by atoms with Crippen LogP contribution >= 0.6 is 0 Å². The molecule has 1 aliphatic rings. The quantitative estimate of drug-likeness (QED) is 0.475. The fraction of sp³-hybridized carbons (Fsp3) is 0.462. The summed E-state index contributed by atoms with van der Waals surface area (Å²) in [4.78, 5) is 12.0. The maximum atomic E-state index is 12.0. The summed E-state index contributed by atoms with van der Waals surface area (Å²) in [5.41, 5.74) is 3.92. The van der Waals surface area contributed by atoms with E-state index in [1.807, 2.05) is 0 Å². The molecule has 5 N–H and O–H groups in total. The maximum absolute atomic E-state index is 12.0. The van der Waals surface area contributed by atoms with Crippen molar-refractivity contribution >= 4 is 11.6 Å². The second-order valence-corrected chi connectivity index (χ2v) is 4.70. The minimum absolute atomic E-state index is 0.0695. The summed E-state index contributed by atoms with van der Waals surface area (Å²) in [6, 6.07) is 7.18. The summed E-state index contributed by atoms with van der Waals surface area (Å²) in [6.45, 7) is 0. The molecule has 0 aliphatic heterocycles. The fourth-order valence-corrected chi connectivity index (χ4v) is 2.21. The first kappa shape index (κ1) is 12.9. The number of carbonyl (C=O) groups is 1. The average Bonchev–Trinajstić information content (AvgIpc) is 2.41. The van der Waals surface area contributed by atoms with Gasteiger partial charge >= 0.3 is 0 Å². The standard InChI is InChI=1S/C13H19N3O2/c14-16-11-3-1-9(2-4-11)13(18)15-10-5-7-12(17)8-6-10/h1-4,10,12,16-17H,5-8,14H2,(H,15,18). The lowest BCUT2D eigenvalue weighted by atomic mass is 9.93. The Balaban J connectivity index is 1.90. The van der Waals surface area contributed by atoms with Crippen LogP contribution in [0.2, 0.25) is 0 Å². The molecule has 98 valence electrons. The number of aliphatic hydroxyl groups is 1. The van der Waals surface area contributed by atoms with Gasteiger partial charge in [-0.05, 0) is 49.9 Å². The Morgan fingerprint density at radius 2 is 1.78 bits per heavy atom. The number of benzene rings is 1. The smallest absolute Gasteiger partial charge is 0.251 e. The minimum atomic E-state index is -0.201. The Hall–Kier alpha value is -1.59. The highest BCUT2D eigenvalue weighted by Gasteiger charge is 2.21. The van der Waals surface area contributed by atoms with Crippen LogP contribution < -0.4 is 16.6 Å². The van der Waals surface area contributed by atoms with Crippen molar-refractivity contribution < 1.29 is 9.90 Å². The molecule has 0 spiro atoms. The number of nitrogen functional groups attached to an aromatic ring is 1. The van der Waals surface area contributed by atoms with Crippen LogP contribution in [0.5, 0.6) is 0 Å². The van der Waals surface area contributed by atoms with Gasteiger partial charge in [-0.3, -0.25) is 10.6 Å². The highest BCUT2D eigenvalue weighted by Crippen LogP contribution is 2.18. The number of rotatable bonds is 3. The van der Waals surface area contributed by atoms with Crippen LogP contribution in [0.25, 0.3) is 0 Å². The number of amides is 1. The molecule has 1 fully saturated rings. The van der Waals surface area contributed by atoms with Crippen molar-refractivity contribution in [3.8, 4) is 0 Å². The Morgan fingerprint density at radius 1 is 1.17 bits per heavy atom.